The Labute approximate surface area is 186 Å². The lowest BCUT2D eigenvalue weighted by molar-refractivity contribution is -0.141. The smallest absolute Gasteiger partial charge is 0.254 e. The summed E-state index contributed by atoms with van der Waals surface area (Å²) in [4.78, 5) is 26.8. The predicted octanol–water partition coefficient (Wildman–Crippen LogP) is 3.22. The fraction of sp³-hybridized carbons (Fsp3) is 0.500. The molecule has 2 fully saturated rings. The molecule has 1 aromatic carbocycles. The van der Waals surface area contributed by atoms with Gasteiger partial charge < -0.3 is 20.7 Å². The van der Waals surface area contributed by atoms with E-state index in [9.17, 15) is 9.59 Å². The summed E-state index contributed by atoms with van der Waals surface area (Å²) in [6.45, 7) is 4.72. The summed E-state index contributed by atoms with van der Waals surface area (Å²) in [6.07, 6.45) is 4.14. The Balaban J connectivity index is 1.47. The number of primary amides is 1. The molecule has 0 radical (unpaired) electrons. The maximum absolute atomic E-state index is 12.9. The number of nitrogens with zero attached hydrogens (tertiary/aromatic N) is 3. The number of halogens is 1. The van der Waals surface area contributed by atoms with Crippen LogP contribution in [0.1, 0.15) is 42.6 Å². The van der Waals surface area contributed by atoms with Crippen molar-refractivity contribution in [3.8, 4) is 0 Å². The van der Waals surface area contributed by atoms with Gasteiger partial charge in [0.05, 0.1) is 19.3 Å². The molecule has 0 unspecified atom stereocenters. The second-order valence-electron chi connectivity index (χ2n) is 8.36. The highest BCUT2D eigenvalue weighted by Crippen LogP contribution is 2.38. The van der Waals surface area contributed by atoms with E-state index in [1.165, 1.54) is 0 Å². The van der Waals surface area contributed by atoms with Crippen LogP contribution >= 0.6 is 11.6 Å². The lowest BCUT2D eigenvalue weighted by Crippen LogP contribution is -2.45. The first-order chi connectivity index (χ1) is 14.9. The van der Waals surface area contributed by atoms with Crippen LogP contribution in [-0.4, -0.2) is 52.8 Å². The number of ether oxygens (including phenoxy) is 1. The topological polar surface area (TPSA) is 102 Å². The zero-order valence-corrected chi connectivity index (χ0v) is 18.3. The minimum Gasteiger partial charge on any atom is -0.378 e. The molecule has 1 aliphatic carbocycles. The number of anilines is 2. The number of hydrogen-bond acceptors (Lipinski definition) is 5. The molecule has 1 aliphatic heterocycles. The normalized spacial score (nSPS) is 24.1. The van der Waals surface area contributed by atoms with Crippen molar-refractivity contribution in [3.63, 3.8) is 0 Å². The number of aromatic nitrogens is 2. The van der Waals surface area contributed by atoms with Crippen LogP contribution in [0, 0.1) is 11.8 Å². The number of nitrogens with two attached hydrogens (primary N) is 1. The molecule has 8 nitrogen and oxygen atoms in total. The van der Waals surface area contributed by atoms with Gasteiger partial charge >= 0.3 is 0 Å². The molecule has 2 aliphatic rings. The number of benzene rings is 1. The average molecular weight is 446 g/mol. The van der Waals surface area contributed by atoms with Crippen LogP contribution in [0.2, 0.25) is 5.02 Å². The van der Waals surface area contributed by atoms with Crippen molar-refractivity contribution >= 4 is 34.9 Å². The Morgan fingerprint density at radius 3 is 2.55 bits per heavy atom. The van der Waals surface area contributed by atoms with Gasteiger partial charge in [-0.3, -0.25) is 14.3 Å². The highest BCUT2D eigenvalue weighted by Gasteiger charge is 2.35. The van der Waals surface area contributed by atoms with Gasteiger partial charge in [0, 0.05) is 35.9 Å². The average Bonchev–Trinajstić information content (AvgIpc) is 3.19. The number of nitrogens with one attached hydrogen (secondary N) is 1. The number of carbonyl (C=O) groups excluding carboxylic acids is 2. The fourth-order valence-corrected chi connectivity index (χ4v) is 4.67. The molecule has 3 N–H and O–H groups in total. The first kappa shape index (κ1) is 21.6. The van der Waals surface area contributed by atoms with E-state index < -0.39 is 5.91 Å². The summed E-state index contributed by atoms with van der Waals surface area (Å²) in [7, 11) is 0. The Morgan fingerprint density at radius 2 is 1.90 bits per heavy atom. The summed E-state index contributed by atoms with van der Waals surface area (Å²) in [6, 6.07) is 7.26. The highest BCUT2D eigenvalue weighted by atomic mass is 35.5. The van der Waals surface area contributed by atoms with E-state index in [0.29, 0.717) is 42.7 Å². The first-order valence-electron chi connectivity index (χ1n) is 10.7. The van der Waals surface area contributed by atoms with Crippen LogP contribution in [0.3, 0.4) is 0 Å². The SMILES string of the molecule is C[C@H]1C[C@@H](C(=O)N2CCOCC2)CC[C@@H]1n1cc(C(N)=O)c(Nc2ccc(Cl)cc2)n1. The van der Waals surface area contributed by atoms with Crippen LogP contribution < -0.4 is 11.1 Å². The summed E-state index contributed by atoms with van der Waals surface area (Å²) >= 11 is 5.95. The number of carbonyl (C=O) groups is 2. The molecule has 2 aromatic rings. The quantitative estimate of drug-likeness (QED) is 0.735. The van der Waals surface area contributed by atoms with Crippen molar-refractivity contribution in [1.82, 2.24) is 14.7 Å². The van der Waals surface area contributed by atoms with Gasteiger partial charge in [0.15, 0.2) is 5.82 Å². The number of rotatable bonds is 5. The third kappa shape index (κ3) is 4.85. The Bertz CT molecular complexity index is 939. The van der Waals surface area contributed by atoms with Crippen LogP contribution in [0.5, 0.6) is 0 Å². The van der Waals surface area contributed by atoms with Gasteiger partial charge in [-0.05, 0) is 49.4 Å². The number of morpholine rings is 1. The minimum absolute atomic E-state index is 0.0298. The summed E-state index contributed by atoms with van der Waals surface area (Å²) in [5.74, 6) is 0.395. The standard InChI is InChI=1S/C22H28ClN5O3/c1-14-12-15(22(30)27-8-10-31-11-9-27)2-7-19(14)28-13-18(20(24)29)21(26-28)25-17-5-3-16(23)4-6-17/h3-6,13-15,19H,2,7-12H2,1H3,(H2,24,29)(H,25,26)/t14-,15-,19-/m0/s1. The van der Waals surface area contributed by atoms with Crippen molar-refractivity contribution < 1.29 is 14.3 Å². The third-order valence-electron chi connectivity index (χ3n) is 6.24. The molecule has 2 amide bonds. The van der Waals surface area contributed by atoms with E-state index in [2.05, 4.69) is 17.3 Å². The van der Waals surface area contributed by atoms with Gasteiger partial charge in [0.2, 0.25) is 5.91 Å². The molecule has 31 heavy (non-hydrogen) atoms. The summed E-state index contributed by atoms with van der Waals surface area (Å²) in [5.41, 5.74) is 6.71. The summed E-state index contributed by atoms with van der Waals surface area (Å²) < 4.78 is 7.19. The van der Waals surface area contributed by atoms with E-state index in [0.717, 1.165) is 24.9 Å². The van der Waals surface area contributed by atoms with E-state index in [1.54, 1.807) is 18.3 Å². The van der Waals surface area contributed by atoms with E-state index in [1.807, 2.05) is 21.7 Å². The Hall–Kier alpha value is -2.58. The maximum Gasteiger partial charge on any atom is 0.254 e. The second-order valence-corrected chi connectivity index (χ2v) is 8.80. The monoisotopic (exact) mass is 445 g/mol. The molecule has 1 saturated heterocycles. The molecule has 1 saturated carbocycles. The van der Waals surface area contributed by atoms with Gasteiger partial charge in [0.1, 0.15) is 5.56 Å². The summed E-state index contributed by atoms with van der Waals surface area (Å²) in [5, 5.41) is 8.43. The van der Waals surface area contributed by atoms with Crippen molar-refractivity contribution in [2.24, 2.45) is 17.6 Å². The molecule has 0 bridgehead atoms. The van der Waals surface area contributed by atoms with Gasteiger partial charge in [-0.2, -0.15) is 5.10 Å². The Morgan fingerprint density at radius 1 is 1.19 bits per heavy atom. The van der Waals surface area contributed by atoms with Crippen LogP contribution in [-0.2, 0) is 9.53 Å². The van der Waals surface area contributed by atoms with Gasteiger partial charge in [-0.25, -0.2) is 0 Å². The van der Waals surface area contributed by atoms with E-state index in [-0.39, 0.29) is 23.8 Å². The fourth-order valence-electron chi connectivity index (χ4n) is 4.54. The molecule has 3 atom stereocenters. The number of hydrogen-bond donors (Lipinski definition) is 2. The van der Waals surface area contributed by atoms with Crippen LogP contribution in [0.15, 0.2) is 30.5 Å². The zero-order chi connectivity index (χ0) is 22.0. The maximum atomic E-state index is 12.9. The third-order valence-corrected chi connectivity index (χ3v) is 6.49. The molecule has 1 aromatic heterocycles. The lowest BCUT2D eigenvalue weighted by Gasteiger charge is -2.37. The van der Waals surface area contributed by atoms with Crippen molar-refractivity contribution in [3.05, 3.63) is 41.0 Å². The molecular weight excluding hydrogens is 418 g/mol. The van der Waals surface area contributed by atoms with E-state index in [4.69, 9.17) is 22.1 Å². The molecule has 4 rings (SSSR count). The van der Waals surface area contributed by atoms with Crippen LogP contribution in [0.4, 0.5) is 11.5 Å². The Kier molecular flexibility index (Phi) is 6.48. The molecule has 166 valence electrons. The van der Waals surface area contributed by atoms with Crippen molar-refractivity contribution in [2.75, 3.05) is 31.6 Å². The van der Waals surface area contributed by atoms with Gasteiger partial charge in [-0.15, -0.1) is 0 Å². The molecular formula is C22H28ClN5O3. The zero-order valence-electron chi connectivity index (χ0n) is 17.6. The van der Waals surface area contributed by atoms with E-state index >= 15 is 0 Å². The van der Waals surface area contributed by atoms with Crippen molar-refractivity contribution in [1.29, 1.82) is 0 Å². The van der Waals surface area contributed by atoms with Gasteiger partial charge in [-0.1, -0.05) is 18.5 Å². The van der Waals surface area contributed by atoms with Gasteiger partial charge in [0.25, 0.3) is 5.91 Å². The molecule has 2 heterocycles. The molecule has 9 heteroatoms. The second kappa shape index (κ2) is 9.28. The highest BCUT2D eigenvalue weighted by molar-refractivity contribution is 6.30. The minimum atomic E-state index is -0.536. The van der Waals surface area contributed by atoms with Crippen LogP contribution in [0.25, 0.3) is 0 Å². The van der Waals surface area contributed by atoms with Crippen molar-refractivity contribution in [2.45, 2.75) is 32.2 Å². The predicted molar refractivity (Wildman–Crippen MR) is 118 cm³/mol. The molecule has 0 spiro atoms. The lowest BCUT2D eigenvalue weighted by atomic mass is 9.78. The number of amides is 2. The largest absolute Gasteiger partial charge is 0.378 e. The first-order valence-corrected chi connectivity index (χ1v) is 11.1.